The van der Waals surface area contributed by atoms with E-state index in [2.05, 4.69) is 0 Å². The van der Waals surface area contributed by atoms with Gasteiger partial charge in [0.1, 0.15) is 0 Å². The molecule has 0 aliphatic heterocycles. The summed E-state index contributed by atoms with van der Waals surface area (Å²) in [4.78, 5) is 1.70. The van der Waals surface area contributed by atoms with E-state index in [9.17, 15) is 16.8 Å². The molecule has 92 valence electrons. The zero-order valence-corrected chi connectivity index (χ0v) is 9.99. The summed E-state index contributed by atoms with van der Waals surface area (Å²) in [6.45, 7) is -0.0859. The fraction of sp³-hybridized carbons (Fsp3) is 1.00. The number of hydrogen-bond acceptors (Lipinski definition) is 5. The highest BCUT2D eigenvalue weighted by Gasteiger charge is 2.30. The lowest BCUT2D eigenvalue weighted by Gasteiger charge is -2.15. The summed E-state index contributed by atoms with van der Waals surface area (Å²) in [6.07, 6.45) is 0.159. The zero-order chi connectivity index (χ0) is 12.3. The molecular weight excluding hydrogens is 248 g/mol. The van der Waals surface area contributed by atoms with Crippen LogP contribution in [0.1, 0.15) is 6.42 Å². The Kier molecular flexibility index (Phi) is 5.09. The lowest BCUT2D eigenvalue weighted by Crippen LogP contribution is -2.37. The highest BCUT2D eigenvalue weighted by atomic mass is 32.3. The quantitative estimate of drug-likeness (QED) is 0.580. The normalized spacial score (nSPS) is 13.7. The van der Waals surface area contributed by atoms with Crippen LogP contribution in [0.2, 0.25) is 0 Å². The van der Waals surface area contributed by atoms with Crippen LogP contribution in [0, 0.1) is 0 Å². The third kappa shape index (κ3) is 6.02. The predicted molar refractivity (Wildman–Crippen MR) is 53.0 cm³/mol. The maximum atomic E-state index is 10.6. The molecule has 15 heavy (non-hydrogen) atoms. The van der Waals surface area contributed by atoms with Crippen molar-refractivity contribution in [3.05, 3.63) is 0 Å². The Morgan fingerprint density at radius 3 is 1.60 bits per heavy atom. The third-order valence-corrected chi connectivity index (χ3v) is 3.99. The van der Waals surface area contributed by atoms with E-state index < -0.39 is 27.2 Å². The summed E-state index contributed by atoms with van der Waals surface area (Å²) in [5.74, 6) is 0. The summed E-state index contributed by atoms with van der Waals surface area (Å²) in [6, 6.07) is 0. The van der Waals surface area contributed by atoms with E-state index in [0.29, 0.717) is 6.54 Å². The van der Waals surface area contributed by atoms with Gasteiger partial charge in [-0.25, -0.2) is 0 Å². The molecule has 0 bridgehead atoms. The van der Waals surface area contributed by atoms with Crippen LogP contribution in [0.3, 0.4) is 0 Å². The van der Waals surface area contributed by atoms with Crippen molar-refractivity contribution in [2.24, 2.45) is 0 Å². The first-order chi connectivity index (χ1) is 6.55. The van der Waals surface area contributed by atoms with Gasteiger partial charge in [-0.1, -0.05) is 0 Å². The van der Waals surface area contributed by atoms with Crippen molar-refractivity contribution in [3.63, 3.8) is 0 Å². The van der Waals surface area contributed by atoms with Crippen LogP contribution in [0.15, 0.2) is 0 Å². The smallest absolute Gasteiger partial charge is 0.309 e. The Bertz CT molecular complexity index is 354. The minimum absolute atomic E-state index is 0.159. The molecule has 0 aromatic rings. The second-order valence-corrected chi connectivity index (χ2v) is 6.01. The van der Waals surface area contributed by atoms with E-state index in [1.807, 2.05) is 0 Å². The van der Waals surface area contributed by atoms with Gasteiger partial charge < -0.3 is 4.90 Å². The summed E-state index contributed by atoms with van der Waals surface area (Å²) in [5.41, 5.74) is 0. The van der Waals surface area contributed by atoms with E-state index in [1.54, 1.807) is 19.0 Å². The van der Waals surface area contributed by atoms with Crippen LogP contribution in [0.4, 0.5) is 0 Å². The van der Waals surface area contributed by atoms with Crippen LogP contribution in [-0.2, 0) is 20.6 Å². The molecule has 0 saturated carbocycles. The van der Waals surface area contributed by atoms with Gasteiger partial charge in [-0.15, -0.1) is 0 Å². The lowest BCUT2D eigenvalue weighted by atomic mass is 10.4. The molecule has 0 heterocycles. The second kappa shape index (κ2) is 5.18. The van der Waals surface area contributed by atoms with Gasteiger partial charge in [-0.3, -0.25) is 9.11 Å². The molecule has 0 aliphatic rings. The Labute approximate surface area is 89.2 Å². The molecule has 0 radical (unpaired) electrons. The molecule has 2 N–H and O–H groups in total. The number of nitrogens with zero attached hydrogens (tertiary/aromatic N) is 2. The van der Waals surface area contributed by atoms with Crippen LogP contribution >= 0.6 is 0 Å². The van der Waals surface area contributed by atoms with Crippen molar-refractivity contribution < 1.29 is 25.9 Å². The largest absolute Gasteiger partial charge is 0.351 e. The molecule has 0 spiro atoms. The van der Waals surface area contributed by atoms with Crippen LogP contribution < -0.4 is 0 Å². The zero-order valence-electron chi connectivity index (χ0n) is 8.36. The Morgan fingerprint density at radius 1 is 0.933 bits per heavy atom. The van der Waals surface area contributed by atoms with Crippen molar-refractivity contribution in [2.75, 3.05) is 27.2 Å². The minimum atomic E-state index is -4.94. The molecule has 0 saturated heterocycles. The summed E-state index contributed by atoms with van der Waals surface area (Å²) < 4.78 is 59.0. The number of rotatable bonds is 6. The van der Waals surface area contributed by atoms with Gasteiger partial charge in [0.25, 0.3) is 0 Å². The molecule has 0 aliphatic carbocycles. The molecule has 0 aromatic heterocycles. The van der Waals surface area contributed by atoms with Gasteiger partial charge in [-0.2, -0.15) is 16.8 Å². The standard InChI is InChI=1S/C5H14N2O6S2/c1-6(2)4-3-5-7(14(8,9)10)15(11,12)13/h3-5H2,1-2H3,(H,8,9,10)(H,11,12,13). The van der Waals surface area contributed by atoms with Crippen molar-refractivity contribution in [1.29, 1.82) is 0 Å². The molecule has 0 aromatic carbocycles. The first kappa shape index (κ1) is 14.7. The van der Waals surface area contributed by atoms with Crippen molar-refractivity contribution in [1.82, 2.24) is 8.61 Å². The molecule has 10 heteroatoms. The Morgan fingerprint density at radius 2 is 1.33 bits per heavy atom. The monoisotopic (exact) mass is 262 g/mol. The maximum Gasteiger partial charge on any atom is 0.351 e. The highest BCUT2D eigenvalue weighted by molar-refractivity contribution is 7.98. The molecule has 0 rings (SSSR count). The van der Waals surface area contributed by atoms with Crippen molar-refractivity contribution in [2.45, 2.75) is 6.42 Å². The Hall–Kier alpha value is -0.260. The van der Waals surface area contributed by atoms with Gasteiger partial charge in [-0.05, 0) is 30.8 Å². The SMILES string of the molecule is CN(C)CCCN(S(=O)(=O)O)S(=O)(=O)O. The van der Waals surface area contributed by atoms with E-state index in [-0.39, 0.29) is 10.1 Å². The van der Waals surface area contributed by atoms with E-state index in [4.69, 9.17) is 9.11 Å². The fourth-order valence-electron chi connectivity index (χ4n) is 0.866. The average molecular weight is 262 g/mol. The summed E-state index contributed by atoms with van der Waals surface area (Å²) in [7, 11) is -6.46. The van der Waals surface area contributed by atoms with Gasteiger partial charge in [0.2, 0.25) is 0 Å². The lowest BCUT2D eigenvalue weighted by molar-refractivity contribution is 0.353. The van der Waals surface area contributed by atoms with Crippen LogP contribution in [0.5, 0.6) is 0 Å². The van der Waals surface area contributed by atoms with Crippen molar-refractivity contribution >= 4 is 20.6 Å². The molecule has 0 amide bonds. The second-order valence-electron chi connectivity index (χ2n) is 3.11. The summed E-state index contributed by atoms with van der Waals surface area (Å²) >= 11 is 0. The molecule has 0 fully saturated rings. The maximum absolute atomic E-state index is 10.6. The fourth-order valence-corrected chi connectivity index (χ4v) is 2.54. The van der Waals surface area contributed by atoms with Crippen LogP contribution in [0.25, 0.3) is 0 Å². The Balaban J connectivity index is 4.58. The van der Waals surface area contributed by atoms with Gasteiger partial charge in [0.15, 0.2) is 0 Å². The average Bonchev–Trinajstić information content (AvgIpc) is 1.92. The van der Waals surface area contributed by atoms with E-state index in [1.165, 1.54) is 0 Å². The molecule has 0 unspecified atom stereocenters. The van der Waals surface area contributed by atoms with E-state index in [0.717, 1.165) is 0 Å². The highest BCUT2D eigenvalue weighted by Crippen LogP contribution is 2.05. The third-order valence-electron chi connectivity index (χ3n) is 1.46. The first-order valence-electron chi connectivity index (χ1n) is 3.92. The van der Waals surface area contributed by atoms with Crippen LogP contribution in [-0.4, -0.2) is 61.7 Å². The number of hydrogen-bond donors (Lipinski definition) is 2. The van der Waals surface area contributed by atoms with Crippen molar-refractivity contribution in [3.8, 4) is 0 Å². The summed E-state index contributed by atoms with van der Waals surface area (Å²) in [5, 5.41) is 0. The van der Waals surface area contributed by atoms with Gasteiger partial charge in [0.05, 0.1) is 0 Å². The van der Waals surface area contributed by atoms with E-state index >= 15 is 0 Å². The van der Waals surface area contributed by atoms with Gasteiger partial charge >= 0.3 is 20.6 Å². The molecule has 8 nitrogen and oxygen atoms in total. The topological polar surface area (TPSA) is 115 Å². The first-order valence-corrected chi connectivity index (χ1v) is 6.72. The molecular formula is C5H14N2O6S2. The molecule has 0 atom stereocenters. The minimum Gasteiger partial charge on any atom is -0.309 e. The van der Waals surface area contributed by atoms with Gasteiger partial charge in [0, 0.05) is 6.54 Å². The predicted octanol–water partition coefficient (Wildman–Crippen LogP) is -1.15.